The van der Waals surface area contributed by atoms with Crippen LogP contribution in [0, 0.1) is 28.6 Å². The second-order valence-corrected chi connectivity index (χ2v) is 8.51. The molecule has 0 spiro atoms. The molecular formula is C19H26O6. The van der Waals surface area contributed by atoms with Crippen molar-refractivity contribution < 1.29 is 29.0 Å². The quantitative estimate of drug-likeness (QED) is 0.762. The van der Waals surface area contributed by atoms with E-state index in [-0.39, 0.29) is 23.5 Å². The van der Waals surface area contributed by atoms with Gasteiger partial charge in [0.1, 0.15) is 12.2 Å². The number of fused-ring (bicyclic) bond motifs is 3. The van der Waals surface area contributed by atoms with Gasteiger partial charge < -0.3 is 14.6 Å². The molecule has 0 amide bonds. The van der Waals surface area contributed by atoms with Crippen molar-refractivity contribution in [2.45, 2.75) is 59.9 Å². The molecule has 4 aliphatic carbocycles. The Morgan fingerprint density at radius 3 is 2.12 bits per heavy atom. The second-order valence-electron chi connectivity index (χ2n) is 8.51. The van der Waals surface area contributed by atoms with E-state index in [2.05, 4.69) is 0 Å². The van der Waals surface area contributed by atoms with Gasteiger partial charge in [-0.05, 0) is 24.8 Å². The lowest BCUT2D eigenvalue weighted by atomic mass is 9.37. The molecule has 0 saturated heterocycles. The number of allylic oxidation sites excluding steroid dienone is 2. The molecule has 0 aromatic carbocycles. The predicted molar refractivity (Wildman–Crippen MR) is 88.2 cm³/mol. The molecule has 6 nitrogen and oxygen atoms in total. The molecule has 1 N–H and O–H groups in total. The summed E-state index contributed by atoms with van der Waals surface area (Å²) in [6.45, 7) is 10.2. The first-order chi connectivity index (χ1) is 11.4. The van der Waals surface area contributed by atoms with Crippen LogP contribution in [0.4, 0.5) is 0 Å². The highest BCUT2D eigenvalue weighted by molar-refractivity contribution is 5.96. The van der Waals surface area contributed by atoms with E-state index in [0.29, 0.717) is 0 Å². The number of esters is 2. The van der Waals surface area contributed by atoms with Gasteiger partial charge in [0.2, 0.25) is 0 Å². The van der Waals surface area contributed by atoms with E-state index in [1.807, 2.05) is 27.7 Å². The van der Waals surface area contributed by atoms with Crippen molar-refractivity contribution in [2.24, 2.45) is 28.6 Å². The predicted octanol–water partition coefficient (Wildman–Crippen LogP) is 1.65. The lowest BCUT2D eigenvalue weighted by Gasteiger charge is -2.65. The van der Waals surface area contributed by atoms with Gasteiger partial charge in [0.15, 0.2) is 11.9 Å². The Morgan fingerprint density at radius 1 is 1.08 bits per heavy atom. The maximum Gasteiger partial charge on any atom is 0.303 e. The molecule has 25 heavy (non-hydrogen) atoms. The molecule has 3 saturated carbocycles. The fraction of sp³-hybridized carbons (Fsp3) is 0.737. The van der Waals surface area contributed by atoms with E-state index >= 15 is 0 Å². The summed E-state index contributed by atoms with van der Waals surface area (Å²) in [5.74, 6) is -1.53. The monoisotopic (exact) mass is 350 g/mol. The van der Waals surface area contributed by atoms with Crippen molar-refractivity contribution in [3.63, 3.8) is 0 Å². The summed E-state index contributed by atoms with van der Waals surface area (Å²) in [7, 11) is 0. The van der Waals surface area contributed by atoms with Gasteiger partial charge in [-0.15, -0.1) is 0 Å². The number of aliphatic hydroxyl groups is 1. The summed E-state index contributed by atoms with van der Waals surface area (Å²) in [6.07, 6.45) is -1.26. The number of rotatable bonds is 2. The molecule has 4 unspecified atom stereocenters. The largest absolute Gasteiger partial charge is 0.458 e. The van der Waals surface area contributed by atoms with Crippen LogP contribution in [0.2, 0.25) is 0 Å². The minimum absolute atomic E-state index is 0.00956. The Morgan fingerprint density at radius 2 is 1.64 bits per heavy atom. The molecule has 4 bridgehead atoms. The average molecular weight is 350 g/mol. The van der Waals surface area contributed by atoms with Crippen LogP contribution in [0.1, 0.15) is 41.5 Å². The minimum atomic E-state index is -1.10. The lowest BCUT2D eigenvalue weighted by molar-refractivity contribution is -0.199. The molecule has 0 aliphatic heterocycles. The molecule has 4 rings (SSSR count). The zero-order valence-electron chi connectivity index (χ0n) is 15.5. The van der Waals surface area contributed by atoms with Crippen molar-refractivity contribution in [1.82, 2.24) is 0 Å². The highest BCUT2D eigenvalue weighted by atomic mass is 16.6. The molecule has 0 radical (unpaired) electrons. The van der Waals surface area contributed by atoms with Crippen molar-refractivity contribution >= 4 is 17.7 Å². The van der Waals surface area contributed by atoms with Crippen LogP contribution in [0.25, 0.3) is 0 Å². The third-order valence-electron chi connectivity index (χ3n) is 6.66. The van der Waals surface area contributed by atoms with Gasteiger partial charge in [0.25, 0.3) is 0 Å². The summed E-state index contributed by atoms with van der Waals surface area (Å²) in [5, 5.41) is 11.2. The van der Waals surface area contributed by atoms with E-state index in [4.69, 9.17) is 9.47 Å². The van der Waals surface area contributed by atoms with Gasteiger partial charge in [-0.25, -0.2) is 0 Å². The van der Waals surface area contributed by atoms with Gasteiger partial charge >= 0.3 is 11.9 Å². The Bertz CT molecular complexity index is 677. The number of hydrogen-bond acceptors (Lipinski definition) is 6. The van der Waals surface area contributed by atoms with E-state index in [1.165, 1.54) is 13.8 Å². The maximum atomic E-state index is 12.7. The Hall–Kier alpha value is -1.69. The fourth-order valence-corrected chi connectivity index (χ4v) is 5.78. The maximum absolute atomic E-state index is 12.7. The first-order valence-electron chi connectivity index (χ1n) is 8.68. The first-order valence-corrected chi connectivity index (χ1v) is 8.68. The van der Waals surface area contributed by atoms with Crippen LogP contribution >= 0.6 is 0 Å². The lowest BCUT2D eigenvalue weighted by Crippen LogP contribution is -2.67. The average Bonchev–Trinajstić information content (AvgIpc) is 2.52. The molecule has 138 valence electrons. The van der Waals surface area contributed by atoms with Crippen molar-refractivity contribution in [2.75, 3.05) is 0 Å². The van der Waals surface area contributed by atoms with Crippen LogP contribution in [0.5, 0.6) is 0 Å². The molecule has 3 fully saturated rings. The zero-order chi connectivity index (χ0) is 18.9. The topological polar surface area (TPSA) is 89.9 Å². The SMILES string of the molecule is CC(=O)O[C@H]1[C@@H](OC(C)=O)C(C)(C)C2C3C(=O)C=C(C)C2C3(C)[C@@H]1O. The molecule has 0 heterocycles. The van der Waals surface area contributed by atoms with Crippen LogP contribution in [-0.4, -0.2) is 41.1 Å². The first kappa shape index (κ1) is 18.1. The summed E-state index contributed by atoms with van der Waals surface area (Å²) < 4.78 is 11.0. The zero-order valence-corrected chi connectivity index (χ0v) is 15.5. The van der Waals surface area contributed by atoms with Gasteiger partial charge in [-0.1, -0.05) is 26.3 Å². The standard InChI is InChI=1S/C19H26O6/c1-8-7-11(22)13-14-12(8)19(13,6)16(23)15(24-9(2)20)17(18(14,4)5)25-10(3)21/h7,12-17,23H,1-6H3/t12?,13?,14?,15-,16-,17-,19?/m1/s1. The smallest absolute Gasteiger partial charge is 0.303 e. The molecule has 6 heteroatoms. The van der Waals surface area contributed by atoms with Crippen LogP contribution in [0.15, 0.2) is 11.6 Å². The number of carbonyl (C=O) groups excluding carboxylic acids is 3. The number of ketones is 1. The molecule has 0 aromatic rings. The van der Waals surface area contributed by atoms with E-state index in [9.17, 15) is 19.5 Å². The number of carbonyl (C=O) groups is 3. The third kappa shape index (κ3) is 2.23. The third-order valence-corrected chi connectivity index (χ3v) is 6.66. The summed E-state index contributed by atoms with van der Waals surface area (Å²) in [5.41, 5.74) is -0.437. The number of aliphatic hydroxyl groups excluding tert-OH is 1. The van der Waals surface area contributed by atoms with Gasteiger partial charge in [0.05, 0.1) is 0 Å². The Kier molecular flexibility index (Phi) is 3.91. The van der Waals surface area contributed by atoms with E-state index < -0.39 is 41.1 Å². The molecular weight excluding hydrogens is 324 g/mol. The van der Waals surface area contributed by atoms with Gasteiger partial charge in [0, 0.05) is 30.6 Å². The fourth-order valence-electron chi connectivity index (χ4n) is 5.78. The minimum Gasteiger partial charge on any atom is -0.458 e. The summed E-state index contributed by atoms with van der Waals surface area (Å²) in [6, 6.07) is 0. The second kappa shape index (κ2) is 5.40. The highest BCUT2D eigenvalue weighted by Gasteiger charge is 2.76. The van der Waals surface area contributed by atoms with E-state index in [1.54, 1.807) is 6.08 Å². The summed E-state index contributed by atoms with van der Waals surface area (Å²) >= 11 is 0. The van der Waals surface area contributed by atoms with Crippen LogP contribution < -0.4 is 0 Å². The number of hydrogen-bond donors (Lipinski definition) is 1. The summed E-state index contributed by atoms with van der Waals surface area (Å²) in [4.78, 5) is 36.1. The molecule has 7 atom stereocenters. The van der Waals surface area contributed by atoms with Crippen molar-refractivity contribution in [3.05, 3.63) is 11.6 Å². The van der Waals surface area contributed by atoms with E-state index in [0.717, 1.165) is 5.57 Å². The molecule has 0 aromatic heterocycles. The van der Waals surface area contributed by atoms with Crippen LogP contribution in [0.3, 0.4) is 0 Å². The molecule has 4 aliphatic rings. The van der Waals surface area contributed by atoms with Crippen molar-refractivity contribution in [1.29, 1.82) is 0 Å². The Balaban J connectivity index is 2.17. The van der Waals surface area contributed by atoms with Crippen LogP contribution in [-0.2, 0) is 23.9 Å². The highest BCUT2D eigenvalue weighted by Crippen LogP contribution is 2.71. The van der Waals surface area contributed by atoms with Gasteiger partial charge in [-0.2, -0.15) is 0 Å². The van der Waals surface area contributed by atoms with Gasteiger partial charge in [-0.3, -0.25) is 14.4 Å². The normalized spacial score (nSPS) is 44.1. The number of ether oxygens (including phenoxy) is 2. The van der Waals surface area contributed by atoms with Crippen molar-refractivity contribution in [3.8, 4) is 0 Å². The Labute approximate surface area is 147 Å².